The minimum absolute atomic E-state index is 0.565. The minimum Gasteiger partial charge on any atom is -0.456 e. The summed E-state index contributed by atoms with van der Waals surface area (Å²) >= 11 is 0. The summed E-state index contributed by atoms with van der Waals surface area (Å²) in [7, 11) is 0. The van der Waals surface area contributed by atoms with Crippen LogP contribution in [0.4, 0.5) is 0 Å². The van der Waals surface area contributed by atoms with Crippen molar-refractivity contribution in [2.45, 2.75) is 12.8 Å². The molecule has 7 aromatic carbocycles. The van der Waals surface area contributed by atoms with Gasteiger partial charge in [0.05, 0.1) is 16.7 Å². The van der Waals surface area contributed by atoms with Crippen molar-refractivity contribution in [1.29, 1.82) is 0 Å². The molecule has 12 rings (SSSR count). The van der Waals surface area contributed by atoms with E-state index < -0.39 is 0 Å². The molecule has 0 aliphatic heterocycles. The smallest absolute Gasteiger partial charge is 0.164 e. The van der Waals surface area contributed by atoms with E-state index >= 15 is 0 Å². The maximum absolute atomic E-state index is 6.84. The normalized spacial score (nSPS) is 13.2. The van der Waals surface area contributed by atoms with Crippen LogP contribution in [0.3, 0.4) is 0 Å². The van der Waals surface area contributed by atoms with E-state index in [1.807, 2.05) is 36.4 Å². The monoisotopic (exact) mass is 732 g/mol. The summed E-state index contributed by atoms with van der Waals surface area (Å²) in [6.07, 6.45) is 8.82. The van der Waals surface area contributed by atoms with Gasteiger partial charge in [0, 0.05) is 49.0 Å². The lowest BCUT2D eigenvalue weighted by atomic mass is 9.98. The third-order valence-electron chi connectivity index (χ3n) is 11.3. The van der Waals surface area contributed by atoms with Crippen molar-refractivity contribution in [3.05, 3.63) is 175 Å². The van der Waals surface area contributed by atoms with Crippen molar-refractivity contribution in [2.75, 3.05) is 0 Å². The Morgan fingerprint density at radius 1 is 0.456 bits per heavy atom. The third-order valence-corrected chi connectivity index (χ3v) is 11.3. The highest BCUT2D eigenvalue weighted by atomic mass is 16.3. The number of hydrogen-bond donors (Lipinski definition) is 0. The predicted molar refractivity (Wildman–Crippen MR) is 231 cm³/mol. The molecule has 1 aliphatic rings. The van der Waals surface area contributed by atoms with Crippen molar-refractivity contribution in [1.82, 2.24) is 19.5 Å². The van der Waals surface area contributed by atoms with E-state index in [9.17, 15) is 0 Å². The molecule has 0 amide bonds. The number of hydrogen-bond acceptors (Lipinski definition) is 5. The quantitative estimate of drug-likeness (QED) is 0.176. The van der Waals surface area contributed by atoms with Gasteiger partial charge in [0.2, 0.25) is 0 Å². The Morgan fingerprint density at radius 3 is 1.91 bits per heavy atom. The molecule has 0 saturated heterocycles. The van der Waals surface area contributed by atoms with Gasteiger partial charge in [-0.05, 0) is 72.5 Å². The maximum atomic E-state index is 6.84. The Hall–Kier alpha value is -7.57. The number of para-hydroxylation sites is 4. The molecule has 0 unspecified atom stereocenters. The van der Waals surface area contributed by atoms with Crippen LogP contribution in [0.15, 0.2) is 179 Å². The number of rotatable bonds is 5. The van der Waals surface area contributed by atoms with Crippen LogP contribution < -0.4 is 0 Å². The van der Waals surface area contributed by atoms with Gasteiger partial charge in [0.1, 0.15) is 16.7 Å². The maximum Gasteiger partial charge on any atom is 0.164 e. The lowest BCUT2D eigenvalue weighted by Crippen LogP contribution is -2.01. The molecule has 0 bridgehead atoms. The lowest BCUT2D eigenvalue weighted by Gasteiger charge is -2.11. The molecule has 4 heterocycles. The van der Waals surface area contributed by atoms with Crippen LogP contribution in [-0.2, 0) is 0 Å². The molecule has 6 nitrogen and oxygen atoms in total. The number of aromatic nitrogens is 4. The van der Waals surface area contributed by atoms with Crippen molar-refractivity contribution >= 4 is 71.3 Å². The van der Waals surface area contributed by atoms with Gasteiger partial charge in [0.25, 0.3) is 0 Å². The van der Waals surface area contributed by atoms with E-state index in [1.165, 1.54) is 16.3 Å². The van der Waals surface area contributed by atoms with Gasteiger partial charge in [-0.25, -0.2) is 15.0 Å². The first-order valence-corrected chi connectivity index (χ1v) is 19.3. The first kappa shape index (κ1) is 31.7. The highest BCUT2D eigenvalue weighted by Crippen LogP contribution is 2.41. The highest BCUT2D eigenvalue weighted by molar-refractivity contribution is 6.16. The van der Waals surface area contributed by atoms with Gasteiger partial charge in [-0.2, -0.15) is 0 Å². The average molecular weight is 733 g/mol. The SMILES string of the molecule is C1=CC(c2cccc(-c3nc(-c4ccc5c(c4)oc4ccccc45)nc(-c4cccc5oc6c(-n7c8ccccc8c8ccccc87)cccc6c45)n3)c2)=CCC1. The van der Waals surface area contributed by atoms with E-state index in [0.717, 1.165) is 95.7 Å². The molecular formula is C51H32N4O2. The predicted octanol–water partition coefficient (Wildman–Crippen LogP) is 13.5. The molecule has 0 atom stereocenters. The second-order valence-electron chi connectivity index (χ2n) is 14.6. The highest BCUT2D eigenvalue weighted by Gasteiger charge is 2.22. The zero-order chi connectivity index (χ0) is 37.5. The fraction of sp³-hybridized carbons (Fsp3) is 0.0392. The van der Waals surface area contributed by atoms with Crippen LogP contribution in [0.25, 0.3) is 111 Å². The molecular weight excluding hydrogens is 701 g/mol. The van der Waals surface area contributed by atoms with Gasteiger partial charge in [-0.1, -0.05) is 121 Å². The number of benzene rings is 7. The molecule has 6 heteroatoms. The van der Waals surface area contributed by atoms with E-state index in [0.29, 0.717) is 17.5 Å². The summed E-state index contributed by atoms with van der Waals surface area (Å²) in [5.74, 6) is 1.73. The summed E-state index contributed by atoms with van der Waals surface area (Å²) in [5.41, 5.74) is 11.4. The standard InChI is InChI=1S/C51H32N4O2/c1-2-13-31(14-3-1)32-15-10-16-33(29-32)49-52-50(34-27-28-38-37-19-6-9-25-44(37)56-46(38)30-34)54-51(53-49)40-21-12-26-45-47(40)39-20-11-24-43(48(39)57-45)55-41-22-7-4-17-35(41)36-18-5-8-23-42(36)55/h2,4-30H,1,3H2. The molecule has 0 saturated carbocycles. The molecule has 0 fully saturated rings. The fourth-order valence-electron chi connectivity index (χ4n) is 8.66. The van der Waals surface area contributed by atoms with Gasteiger partial charge >= 0.3 is 0 Å². The third kappa shape index (κ3) is 5.00. The van der Waals surface area contributed by atoms with Gasteiger partial charge in [-0.15, -0.1) is 0 Å². The molecule has 11 aromatic rings. The summed E-state index contributed by atoms with van der Waals surface area (Å²) in [4.78, 5) is 15.6. The average Bonchev–Trinajstić information content (AvgIpc) is 3.96. The Bertz CT molecular complexity index is 3440. The summed E-state index contributed by atoms with van der Waals surface area (Å²) in [5, 5.41) is 6.49. The first-order valence-electron chi connectivity index (χ1n) is 19.3. The molecule has 0 spiro atoms. The topological polar surface area (TPSA) is 69.9 Å². The number of fused-ring (bicyclic) bond motifs is 9. The molecule has 1 aliphatic carbocycles. The van der Waals surface area contributed by atoms with Crippen molar-refractivity contribution in [3.8, 4) is 39.9 Å². The fourth-order valence-corrected chi connectivity index (χ4v) is 8.66. The van der Waals surface area contributed by atoms with Gasteiger partial charge in [-0.3, -0.25) is 0 Å². The molecule has 4 aromatic heterocycles. The van der Waals surface area contributed by atoms with E-state index in [4.69, 9.17) is 23.8 Å². The summed E-state index contributed by atoms with van der Waals surface area (Å²) in [6.45, 7) is 0. The Morgan fingerprint density at radius 2 is 1.11 bits per heavy atom. The van der Waals surface area contributed by atoms with Crippen LogP contribution in [0, 0.1) is 0 Å². The number of allylic oxidation sites excluding steroid dienone is 4. The molecule has 268 valence electrons. The minimum atomic E-state index is 0.565. The second-order valence-corrected chi connectivity index (χ2v) is 14.6. The van der Waals surface area contributed by atoms with Crippen LogP contribution in [0.5, 0.6) is 0 Å². The zero-order valence-corrected chi connectivity index (χ0v) is 30.7. The largest absolute Gasteiger partial charge is 0.456 e. The number of nitrogens with zero attached hydrogens (tertiary/aromatic N) is 4. The van der Waals surface area contributed by atoms with E-state index in [-0.39, 0.29) is 0 Å². The van der Waals surface area contributed by atoms with Crippen molar-refractivity contribution in [2.24, 2.45) is 0 Å². The number of furan rings is 2. The van der Waals surface area contributed by atoms with Crippen molar-refractivity contribution in [3.63, 3.8) is 0 Å². The van der Waals surface area contributed by atoms with Crippen LogP contribution >= 0.6 is 0 Å². The Kier molecular flexibility index (Phi) is 6.95. The molecule has 0 N–H and O–H groups in total. The molecule has 0 radical (unpaired) electrons. The second kappa shape index (κ2) is 12.5. The molecule has 57 heavy (non-hydrogen) atoms. The van der Waals surface area contributed by atoms with Gasteiger partial charge < -0.3 is 13.4 Å². The van der Waals surface area contributed by atoms with Crippen LogP contribution in [0.1, 0.15) is 18.4 Å². The Labute approximate surface area is 326 Å². The summed E-state index contributed by atoms with van der Waals surface area (Å²) < 4.78 is 15.5. The first-order chi connectivity index (χ1) is 28.2. The van der Waals surface area contributed by atoms with Gasteiger partial charge in [0.15, 0.2) is 23.1 Å². The van der Waals surface area contributed by atoms with Crippen LogP contribution in [0.2, 0.25) is 0 Å². The lowest BCUT2D eigenvalue weighted by molar-refractivity contribution is 0.666. The zero-order valence-electron chi connectivity index (χ0n) is 30.7. The summed E-state index contributed by atoms with van der Waals surface area (Å²) in [6, 6.07) is 52.4. The van der Waals surface area contributed by atoms with E-state index in [2.05, 4.69) is 138 Å². The van der Waals surface area contributed by atoms with Crippen molar-refractivity contribution < 1.29 is 8.83 Å². The van der Waals surface area contributed by atoms with E-state index in [1.54, 1.807) is 0 Å². The van der Waals surface area contributed by atoms with Crippen LogP contribution in [-0.4, -0.2) is 19.5 Å². The Balaban J connectivity index is 1.09.